The molecule has 114 valence electrons. The smallest absolute Gasteiger partial charge is 0.415 e. The molecule has 0 rings (SSSR count). The number of aliphatic hydroxyl groups excluding tert-OH is 1. The number of aliphatic hydroxyl groups is 1. The second-order valence-corrected chi connectivity index (χ2v) is 3.64. The zero-order chi connectivity index (χ0) is 14.6. The maximum Gasteiger partial charge on any atom is 0.415 e. The molecule has 0 radical (unpaired) electrons. The van der Waals surface area contributed by atoms with Gasteiger partial charge in [0.1, 0.15) is 18.6 Å². The number of alkyl halides is 2. The molecule has 0 unspecified atom stereocenters. The lowest BCUT2D eigenvalue weighted by Gasteiger charge is -2.12. The molecule has 0 atom stereocenters. The quantitative estimate of drug-likeness (QED) is 0.172. The maximum atomic E-state index is 12.8. The van der Waals surface area contributed by atoms with Crippen LogP contribution in [0.25, 0.3) is 0 Å². The standard InChI is InChI=1S/C8H14F2O8S/c9-8(10,19-18-17-13)7(12)16-6-5-15-4-3-14-2-1-11/h11,13H,1-6H2. The van der Waals surface area contributed by atoms with E-state index in [0.29, 0.717) is 0 Å². The summed E-state index contributed by atoms with van der Waals surface area (Å²) in [5.74, 6) is -1.85. The molecule has 0 amide bonds. The van der Waals surface area contributed by atoms with Crippen molar-refractivity contribution in [1.29, 1.82) is 0 Å². The van der Waals surface area contributed by atoms with Crippen molar-refractivity contribution in [2.75, 3.05) is 39.6 Å². The number of carbonyl (C=O) groups is 1. The molecule has 0 saturated carbocycles. The topological polar surface area (TPSA) is 104 Å². The zero-order valence-electron chi connectivity index (χ0n) is 9.75. The van der Waals surface area contributed by atoms with E-state index in [9.17, 15) is 13.6 Å². The van der Waals surface area contributed by atoms with Crippen LogP contribution in [0.2, 0.25) is 0 Å². The van der Waals surface area contributed by atoms with Crippen molar-refractivity contribution in [2.45, 2.75) is 5.25 Å². The summed E-state index contributed by atoms with van der Waals surface area (Å²) in [4.78, 5) is 10.8. The Morgan fingerprint density at radius 1 is 1.11 bits per heavy atom. The van der Waals surface area contributed by atoms with E-state index in [1.54, 1.807) is 0 Å². The molecule has 0 aromatic rings. The molecule has 0 aliphatic heterocycles. The van der Waals surface area contributed by atoms with E-state index in [2.05, 4.69) is 14.1 Å². The van der Waals surface area contributed by atoms with Gasteiger partial charge in [-0.2, -0.15) is 8.78 Å². The van der Waals surface area contributed by atoms with Crippen molar-refractivity contribution >= 4 is 18.0 Å². The summed E-state index contributed by atoms with van der Waals surface area (Å²) in [6.45, 7) is -0.00758. The van der Waals surface area contributed by atoms with Crippen LogP contribution in [0.1, 0.15) is 0 Å². The van der Waals surface area contributed by atoms with Gasteiger partial charge in [-0.15, -0.1) is 4.33 Å². The first-order valence-electron chi connectivity index (χ1n) is 5.02. The van der Waals surface area contributed by atoms with E-state index in [4.69, 9.17) is 19.8 Å². The molecule has 0 spiro atoms. The minimum absolute atomic E-state index is 0.0909. The minimum atomic E-state index is -4.01. The predicted octanol–water partition coefficient (Wildman–Crippen LogP) is 0.217. The number of carbonyl (C=O) groups excluding carboxylic acids is 1. The first-order chi connectivity index (χ1) is 9.04. The number of ether oxygens (including phenoxy) is 3. The molecule has 2 N–H and O–H groups in total. The zero-order valence-corrected chi connectivity index (χ0v) is 10.6. The van der Waals surface area contributed by atoms with Crippen LogP contribution < -0.4 is 0 Å². The number of rotatable bonds is 12. The Hall–Kier alpha value is -0.560. The largest absolute Gasteiger partial charge is 0.458 e. The lowest BCUT2D eigenvalue weighted by molar-refractivity contribution is -0.433. The highest BCUT2D eigenvalue weighted by atomic mass is 32.2. The van der Waals surface area contributed by atoms with Crippen LogP contribution in [0.5, 0.6) is 0 Å². The molecule has 11 heteroatoms. The van der Waals surface area contributed by atoms with Gasteiger partial charge < -0.3 is 19.3 Å². The number of halogens is 2. The van der Waals surface area contributed by atoms with Crippen LogP contribution in [-0.4, -0.2) is 61.2 Å². The third kappa shape index (κ3) is 9.95. The van der Waals surface area contributed by atoms with E-state index in [-0.39, 0.29) is 39.6 Å². The van der Waals surface area contributed by atoms with Gasteiger partial charge in [0.05, 0.1) is 33.0 Å². The Morgan fingerprint density at radius 3 is 2.26 bits per heavy atom. The number of hydrogen-bond acceptors (Lipinski definition) is 9. The summed E-state index contributed by atoms with van der Waals surface area (Å²) in [7, 11) is 0. The van der Waals surface area contributed by atoms with Gasteiger partial charge in [-0.3, -0.25) is 0 Å². The van der Waals surface area contributed by atoms with Crippen molar-refractivity contribution < 1.29 is 47.5 Å². The van der Waals surface area contributed by atoms with Crippen LogP contribution in [0.3, 0.4) is 0 Å². The van der Waals surface area contributed by atoms with E-state index in [1.165, 1.54) is 0 Å². The Labute approximate surface area is 111 Å². The van der Waals surface area contributed by atoms with Gasteiger partial charge in [0.15, 0.2) is 0 Å². The fourth-order valence-electron chi connectivity index (χ4n) is 0.756. The van der Waals surface area contributed by atoms with E-state index >= 15 is 0 Å². The third-order valence-corrected chi connectivity index (χ3v) is 1.98. The second-order valence-electron chi connectivity index (χ2n) is 2.83. The summed E-state index contributed by atoms with van der Waals surface area (Å²) in [5, 5.41) is 15.0. The second kappa shape index (κ2) is 11.3. The first-order valence-corrected chi connectivity index (χ1v) is 5.76. The molecule has 0 aliphatic carbocycles. The molecular weight excluding hydrogens is 294 g/mol. The molecule has 0 aliphatic rings. The van der Waals surface area contributed by atoms with Gasteiger partial charge in [-0.05, 0) is 0 Å². The summed E-state index contributed by atoms with van der Waals surface area (Å²) in [5.41, 5.74) is 0. The first kappa shape index (κ1) is 18.4. The van der Waals surface area contributed by atoms with E-state index in [1.807, 2.05) is 0 Å². The van der Waals surface area contributed by atoms with Gasteiger partial charge in [0.25, 0.3) is 0 Å². The highest BCUT2D eigenvalue weighted by Gasteiger charge is 2.44. The summed E-state index contributed by atoms with van der Waals surface area (Å²) in [6, 6.07) is 0. The van der Waals surface area contributed by atoms with Crippen LogP contribution in [0.4, 0.5) is 8.78 Å². The Kier molecular flexibility index (Phi) is 10.9. The number of hydrogen-bond donors (Lipinski definition) is 2. The lowest BCUT2D eigenvalue weighted by atomic mass is 10.6. The summed E-state index contributed by atoms with van der Waals surface area (Å²) in [6.07, 6.45) is 0. The lowest BCUT2D eigenvalue weighted by Crippen LogP contribution is -2.28. The SMILES string of the molecule is O=C(OCCOCCOCCO)C(F)(F)SOOO. The van der Waals surface area contributed by atoms with Gasteiger partial charge in [0, 0.05) is 0 Å². The van der Waals surface area contributed by atoms with Gasteiger partial charge in [-0.25, -0.2) is 10.1 Å². The molecule has 0 heterocycles. The van der Waals surface area contributed by atoms with Crippen LogP contribution >= 0.6 is 12.0 Å². The van der Waals surface area contributed by atoms with Crippen LogP contribution in [0, 0.1) is 0 Å². The molecule has 0 aromatic carbocycles. The molecule has 0 aromatic heterocycles. The molecule has 0 saturated heterocycles. The average molecular weight is 308 g/mol. The monoisotopic (exact) mass is 308 g/mol. The average Bonchev–Trinajstić information content (AvgIpc) is 2.39. The fraction of sp³-hybridized carbons (Fsp3) is 0.875. The van der Waals surface area contributed by atoms with Gasteiger partial charge >= 0.3 is 11.2 Å². The van der Waals surface area contributed by atoms with Crippen molar-refractivity contribution in [2.24, 2.45) is 0 Å². The molecule has 0 bridgehead atoms. The van der Waals surface area contributed by atoms with Gasteiger partial charge in [0.2, 0.25) is 0 Å². The van der Waals surface area contributed by atoms with E-state index in [0.717, 1.165) is 0 Å². The molecule has 19 heavy (non-hydrogen) atoms. The fourth-order valence-corrected chi connectivity index (χ4v) is 0.999. The highest BCUT2D eigenvalue weighted by molar-refractivity contribution is 7.96. The van der Waals surface area contributed by atoms with Crippen LogP contribution in [0.15, 0.2) is 0 Å². The predicted molar refractivity (Wildman–Crippen MR) is 57.0 cm³/mol. The molecular formula is C8H14F2O8S. The Morgan fingerprint density at radius 2 is 1.68 bits per heavy atom. The van der Waals surface area contributed by atoms with E-state index < -0.39 is 23.3 Å². The number of esters is 1. The van der Waals surface area contributed by atoms with Crippen molar-refractivity contribution in [3.8, 4) is 0 Å². The highest BCUT2D eigenvalue weighted by Crippen LogP contribution is 2.31. The maximum absolute atomic E-state index is 12.8. The van der Waals surface area contributed by atoms with Crippen molar-refractivity contribution in [3.63, 3.8) is 0 Å². The Bertz CT molecular complexity index is 243. The molecule has 0 fully saturated rings. The third-order valence-electron chi connectivity index (χ3n) is 1.48. The molecule has 8 nitrogen and oxygen atoms in total. The normalized spacial score (nSPS) is 11.6. The van der Waals surface area contributed by atoms with Crippen molar-refractivity contribution in [3.05, 3.63) is 0 Å². The van der Waals surface area contributed by atoms with Crippen LogP contribution in [-0.2, 0) is 28.4 Å². The van der Waals surface area contributed by atoms with Gasteiger partial charge in [-0.1, -0.05) is 5.04 Å². The summed E-state index contributed by atoms with van der Waals surface area (Å²) >= 11 is -0.700. The van der Waals surface area contributed by atoms with Crippen molar-refractivity contribution in [1.82, 2.24) is 0 Å². The minimum Gasteiger partial charge on any atom is -0.458 e. The summed E-state index contributed by atoms with van der Waals surface area (Å²) < 4.78 is 43.0. The Balaban J connectivity index is 3.52.